The van der Waals surface area contributed by atoms with Gasteiger partial charge in [-0.15, -0.1) is 0 Å². The third kappa shape index (κ3) is 10.3. The lowest BCUT2D eigenvalue weighted by Gasteiger charge is -2.35. The van der Waals surface area contributed by atoms with Crippen LogP contribution in [-0.4, -0.2) is 135 Å². The summed E-state index contributed by atoms with van der Waals surface area (Å²) < 4.78 is 90.5. The van der Waals surface area contributed by atoms with Crippen LogP contribution in [0.25, 0.3) is 0 Å². The van der Waals surface area contributed by atoms with Gasteiger partial charge in [0.15, 0.2) is 69.8 Å². The largest absolute Gasteiger partial charge is 0.336 e. The Hall–Kier alpha value is -10.3. The van der Waals surface area contributed by atoms with Crippen molar-refractivity contribution in [1.82, 2.24) is 59.8 Å². The third-order valence-corrected chi connectivity index (χ3v) is 19.2. The molecule has 24 nitrogen and oxygen atoms in total. The highest BCUT2D eigenvalue weighted by molar-refractivity contribution is 5.89. The molecule has 6 aliphatic rings. The van der Waals surface area contributed by atoms with Gasteiger partial charge in [-0.3, -0.25) is 0 Å². The number of anilines is 18. The van der Waals surface area contributed by atoms with Crippen LogP contribution in [-0.2, 0) is 0 Å². The van der Waals surface area contributed by atoms with Crippen LogP contribution in [0.15, 0.2) is 123 Å². The number of benzene rings is 3. The second kappa shape index (κ2) is 25.1. The van der Waals surface area contributed by atoms with E-state index in [0.29, 0.717) is 34.8 Å². The second-order valence-corrected chi connectivity index (χ2v) is 25.4. The van der Waals surface area contributed by atoms with Crippen LogP contribution in [0.5, 0.6) is 0 Å². The van der Waals surface area contributed by atoms with Gasteiger partial charge in [-0.05, 0) is 183 Å². The molecular weight excluding hydrogens is 1200 g/mol. The monoisotopic (exact) mass is 1300 g/mol. The molecular formula is C72H90N24. The standard InChI is InChI=1S/2C25H32N8.C22H26N8/c2*1-15(2)30-18(6)32(24-22(30)26-11-13-28-24)20-9-8-10-21(17(20)5)33-19(7)31(16(3)4)23-25(33)29-14-12-27-23;1-13-11-17(29-15(3)27(5)19-21(29)25-9-7-23-19)14(2)18(12-13)30-16(4)28(6)20-22(30)26-10-8-24-20/h2*8-16,18-19H,1-7H3;7-12,15-16H,1-6H3/t2*18-,19+;15-,16+/i1D3,2D3,3D3,15D,16D;;/t16?,18-,19+;;/m1../s1. The highest BCUT2D eigenvalue weighted by atomic mass is 15.5. The zero-order valence-corrected chi connectivity index (χ0v) is 57.4. The van der Waals surface area contributed by atoms with E-state index in [0.717, 1.165) is 74.2 Å². The van der Waals surface area contributed by atoms with Gasteiger partial charge >= 0.3 is 0 Å². The van der Waals surface area contributed by atoms with E-state index in [1.54, 1.807) is 98.3 Å². The zero-order chi connectivity index (χ0) is 77.4. The summed E-state index contributed by atoms with van der Waals surface area (Å²) in [7, 11) is 4.13. The SMILES string of the molecule is Cc1c(N2c3nccnc3N(C(C)C)[C@@H]2C)cccc1N1c2nccnc2N(C(C)C)[C@H]1C.Cc1cc(N2c3nccnc3N(C)[C@H]2C)c(C)c(N2c3nccnc3N(C)[C@@H]2C)c1.[2H]C([2H])([2H])C([2H])(C)N1c2nccnc2N(c2cccc(N3c4nccnc4N(C([2H])(C([2H])([2H])[2H])C([2H])([2H])[2H])[C@H]3C)c2C)[C@H]1C. The van der Waals surface area contributed by atoms with Gasteiger partial charge in [-0.2, -0.15) is 0 Å². The van der Waals surface area contributed by atoms with Crippen molar-refractivity contribution in [3.05, 3.63) is 145 Å². The van der Waals surface area contributed by atoms with Crippen LogP contribution in [0.1, 0.15) is 134 Å². The molecule has 0 amide bonds. The van der Waals surface area contributed by atoms with Gasteiger partial charge in [0.2, 0.25) is 0 Å². The van der Waals surface area contributed by atoms with Crippen molar-refractivity contribution in [3.8, 4) is 0 Å². The van der Waals surface area contributed by atoms with Crippen molar-refractivity contribution >= 4 is 104 Å². The first-order chi connectivity index (χ1) is 50.4. The van der Waals surface area contributed by atoms with Crippen molar-refractivity contribution in [2.45, 2.75) is 186 Å². The molecule has 6 aliphatic heterocycles. The van der Waals surface area contributed by atoms with E-state index in [9.17, 15) is 0 Å². The molecule has 0 fully saturated rings. The topological polar surface area (TPSA) is 194 Å². The normalized spacial score (nSPS) is 22.6. The van der Waals surface area contributed by atoms with Crippen molar-refractivity contribution in [2.75, 3.05) is 72.9 Å². The van der Waals surface area contributed by atoms with Crippen molar-refractivity contribution in [2.24, 2.45) is 0 Å². The fourth-order valence-corrected chi connectivity index (χ4v) is 14.7. The van der Waals surface area contributed by atoms with Gasteiger partial charge in [0, 0.05) is 159 Å². The van der Waals surface area contributed by atoms with E-state index in [-0.39, 0.29) is 42.1 Å². The molecule has 7 atom stereocenters. The molecule has 0 N–H and O–H groups in total. The summed E-state index contributed by atoms with van der Waals surface area (Å²) >= 11 is 0. The Labute approximate surface area is 580 Å². The van der Waals surface area contributed by atoms with E-state index in [1.165, 1.54) is 53.3 Å². The van der Waals surface area contributed by atoms with Crippen LogP contribution in [0.2, 0.25) is 0 Å². The Balaban J connectivity index is 0.000000145. The van der Waals surface area contributed by atoms with Gasteiger partial charge in [0.05, 0.1) is 2.74 Å². The van der Waals surface area contributed by atoms with Crippen LogP contribution in [0, 0.1) is 27.7 Å². The quantitative estimate of drug-likeness (QED) is 0.125. The summed E-state index contributed by atoms with van der Waals surface area (Å²) in [4.78, 5) is 78.8. The Bertz CT molecular complexity index is 4650. The smallest absolute Gasteiger partial charge is 0.178 e. The van der Waals surface area contributed by atoms with E-state index in [1.807, 2.05) is 0 Å². The second-order valence-electron chi connectivity index (χ2n) is 25.4. The molecule has 3 aromatic carbocycles. The number of nitrogens with zero attached hydrogens (tertiary/aromatic N) is 24. The van der Waals surface area contributed by atoms with Crippen LogP contribution in [0.3, 0.4) is 0 Å². The van der Waals surface area contributed by atoms with Gasteiger partial charge in [-0.25, -0.2) is 59.8 Å². The molecule has 96 heavy (non-hydrogen) atoms. The minimum absolute atomic E-state index is 0.0633. The van der Waals surface area contributed by atoms with Crippen LogP contribution in [0.4, 0.5) is 104 Å². The van der Waals surface area contributed by atoms with E-state index in [2.05, 4.69) is 210 Å². The fourth-order valence-electron chi connectivity index (χ4n) is 14.7. The number of aryl methyl sites for hydroxylation is 1. The number of fused-ring (bicyclic) bond motifs is 6. The first kappa shape index (κ1) is 52.1. The Morgan fingerprint density at radius 3 is 0.833 bits per heavy atom. The Morgan fingerprint density at radius 1 is 0.312 bits per heavy atom. The molecule has 15 rings (SSSR count). The molecule has 0 aliphatic carbocycles. The maximum atomic E-state index is 8.92. The molecule has 0 saturated carbocycles. The maximum Gasteiger partial charge on any atom is 0.178 e. The van der Waals surface area contributed by atoms with Crippen molar-refractivity contribution < 1.29 is 15.1 Å². The molecule has 24 heteroatoms. The maximum absolute atomic E-state index is 8.92. The third-order valence-electron chi connectivity index (χ3n) is 19.2. The minimum Gasteiger partial charge on any atom is -0.336 e. The molecule has 6 aromatic heterocycles. The minimum atomic E-state index is -3.25. The zero-order valence-electron chi connectivity index (χ0n) is 68.4. The predicted octanol–water partition coefficient (Wildman–Crippen LogP) is 13.8. The summed E-state index contributed by atoms with van der Waals surface area (Å²) in [5.41, 5.74) is 9.80. The lowest BCUT2D eigenvalue weighted by molar-refractivity contribution is 0.598. The molecule has 9 aromatic rings. The van der Waals surface area contributed by atoms with Crippen LogP contribution < -0.4 is 58.8 Å². The predicted molar refractivity (Wildman–Crippen MR) is 387 cm³/mol. The Morgan fingerprint density at radius 2 is 0.542 bits per heavy atom. The average Bonchev–Trinajstić information content (AvgIpc) is 1.78. The van der Waals surface area contributed by atoms with E-state index < -0.39 is 44.9 Å². The van der Waals surface area contributed by atoms with E-state index in [4.69, 9.17) is 25.0 Å². The van der Waals surface area contributed by atoms with Crippen LogP contribution >= 0.6 is 0 Å². The number of aromatic nitrogens is 12. The molecule has 12 heterocycles. The number of rotatable bonds is 10. The molecule has 0 saturated heterocycles. The van der Waals surface area contributed by atoms with Gasteiger partial charge in [-0.1, -0.05) is 12.1 Å². The highest BCUT2D eigenvalue weighted by Gasteiger charge is 2.45. The molecule has 1 unspecified atom stereocenters. The van der Waals surface area contributed by atoms with Gasteiger partial charge < -0.3 is 58.8 Å². The molecule has 498 valence electrons. The molecule has 0 radical (unpaired) electrons. The lowest BCUT2D eigenvalue weighted by Crippen LogP contribution is -2.43. The Kier molecular flexibility index (Phi) is 13.6. The summed E-state index contributed by atoms with van der Waals surface area (Å²) in [6.07, 6.45) is 18.4. The summed E-state index contributed by atoms with van der Waals surface area (Å²) in [6, 6.07) is 11.7. The lowest BCUT2D eigenvalue weighted by atomic mass is 10.1. The number of hydrogen-bond acceptors (Lipinski definition) is 24. The summed E-state index contributed by atoms with van der Waals surface area (Å²) in [6.45, 7) is 21.3. The molecule has 0 spiro atoms. The van der Waals surface area contributed by atoms with Gasteiger partial charge in [0.1, 0.15) is 37.0 Å². The molecule has 0 bridgehead atoms. The summed E-state index contributed by atoms with van der Waals surface area (Å²) in [5, 5.41) is 0. The first-order valence-corrected chi connectivity index (χ1v) is 32.4. The highest BCUT2D eigenvalue weighted by Crippen LogP contribution is 2.52. The number of hydrogen-bond donors (Lipinski definition) is 0. The first-order valence-electron chi connectivity index (χ1n) is 37.9. The fraction of sp³-hybridized carbons (Fsp3) is 0.417. The van der Waals surface area contributed by atoms with Crippen molar-refractivity contribution in [3.63, 3.8) is 0 Å². The van der Waals surface area contributed by atoms with Crippen molar-refractivity contribution in [1.29, 1.82) is 0 Å². The van der Waals surface area contributed by atoms with Gasteiger partial charge in [0.25, 0.3) is 0 Å². The van der Waals surface area contributed by atoms with E-state index >= 15 is 0 Å². The average molecular weight is 1300 g/mol. The summed E-state index contributed by atoms with van der Waals surface area (Å²) in [5.74, 6) is 7.92.